The van der Waals surface area contributed by atoms with Gasteiger partial charge in [0.2, 0.25) is 0 Å². The Balaban J connectivity index is 2.20. The second-order valence-electron chi connectivity index (χ2n) is 3.95. The van der Waals surface area contributed by atoms with Gasteiger partial charge in [-0.25, -0.2) is 0 Å². The summed E-state index contributed by atoms with van der Waals surface area (Å²) in [6, 6.07) is 8.15. The summed E-state index contributed by atoms with van der Waals surface area (Å²) < 4.78 is 7.68. The van der Waals surface area contributed by atoms with Gasteiger partial charge in [0.25, 0.3) is 0 Å². The van der Waals surface area contributed by atoms with Crippen LogP contribution in [-0.2, 0) is 6.42 Å². The number of thiophene rings is 1. The third-order valence-corrected chi connectivity index (χ3v) is 5.00. The Hall–Kier alpha value is -0.110. The second-order valence-corrected chi connectivity index (χ2v) is 7.67. The molecule has 1 aromatic heterocycles. The van der Waals surface area contributed by atoms with Gasteiger partial charge in [-0.15, -0.1) is 11.3 Å². The maximum Gasteiger partial charge on any atom is 0.122 e. The van der Waals surface area contributed by atoms with Gasteiger partial charge in [0, 0.05) is 10.5 Å². The quantitative estimate of drug-likeness (QED) is 0.721. The van der Waals surface area contributed by atoms with Crippen molar-refractivity contribution in [3.05, 3.63) is 48.1 Å². The van der Waals surface area contributed by atoms with Crippen LogP contribution in [0.1, 0.15) is 17.2 Å². The highest BCUT2D eigenvalue weighted by Crippen LogP contribution is 2.29. The lowest BCUT2D eigenvalue weighted by atomic mass is 10.0. The van der Waals surface area contributed by atoms with Gasteiger partial charge in [-0.2, -0.15) is 0 Å². The van der Waals surface area contributed by atoms with Gasteiger partial charge in [0.15, 0.2) is 0 Å². The van der Waals surface area contributed by atoms with Crippen molar-refractivity contribution in [2.24, 2.45) is 5.73 Å². The zero-order valence-corrected chi connectivity index (χ0v) is 14.4. The zero-order valence-electron chi connectivity index (χ0n) is 9.82. The molecule has 0 fully saturated rings. The summed E-state index contributed by atoms with van der Waals surface area (Å²) in [4.78, 5) is 0. The first-order chi connectivity index (χ1) is 8.60. The third kappa shape index (κ3) is 3.46. The number of ether oxygens (including phenoxy) is 1. The van der Waals surface area contributed by atoms with E-state index in [1.165, 1.54) is 8.45 Å². The lowest BCUT2D eigenvalue weighted by Crippen LogP contribution is -2.13. The van der Waals surface area contributed by atoms with Crippen LogP contribution in [0.25, 0.3) is 0 Å². The summed E-state index contributed by atoms with van der Waals surface area (Å²) in [6.45, 7) is 0. The van der Waals surface area contributed by atoms with Crippen LogP contribution in [0.2, 0.25) is 0 Å². The monoisotopic (exact) mass is 437 g/mol. The number of halogens is 2. The zero-order chi connectivity index (χ0) is 13.1. The summed E-state index contributed by atoms with van der Waals surface area (Å²) in [5.74, 6) is 0.888. The number of methoxy groups -OCH3 is 1. The van der Waals surface area contributed by atoms with Gasteiger partial charge in [0.1, 0.15) is 5.75 Å². The lowest BCUT2D eigenvalue weighted by Gasteiger charge is -2.13. The molecule has 1 heterocycles. The maximum atomic E-state index is 6.25. The molecule has 0 saturated carbocycles. The van der Waals surface area contributed by atoms with E-state index in [1.807, 2.05) is 12.1 Å². The highest BCUT2D eigenvalue weighted by atomic mass is 127. The van der Waals surface area contributed by atoms with E-state index in [2.05, 4.69) is 56.0 Å². The van der Waals surface area contributed by atoms with Crippen LogP contribution in [0, 0.1) is 2.88 Å². The Morgan fingerprint density at radius 1 is 1.44 bits per heavy atom. The van der Waals surface area contributed by atoms with Crippen LogP contribution in [0.5, 0.6) is 5.75 Å². The van der Waals surface area contributed by atoms with Crippen molar-refractivity contribution in [3.8, 4) is 5.75 Å². The SMILES string of the molecule is COc1ccc(Br)cc1CC(N)c1csc(I)c1. The molecule has 2 nitrogen and oxygen atoms in total. The van der Waals surface area contributed by atoms with Crippen LogP contribution in [-0.4, -0.2) is 7.11 Å². The van der Waals surface area contributed by atoms with E-state index in [0.29, 0.717) is 0 Å². The second kappa shape index (κ2) is 6.36. The maximum absolute atomic E-state index is 6.25. The van der Waals surface area contributed by atoms with Gasteiger partial charge >= 0.3 is 0 Å². The molecule has 0 spiro atoms. The Bertz CT molecular complexity index is 544. The number of hydrogen-bond donors (Lipinski definition) is 1. The molecule has 2 rings (SSSR count). The first kappa shape index (κ1) is 14.3. The molecule has 1 unspecified atom stereocenters. The lowest BCUT2D eigenvalue weighted by molar-refractivity contribution is 0.408. The van der Waals surface area contributed by atoms with E-state index in [1.54, 1.807) is 18.4 Å². The van der Waals surface area contributed by atoms with Crippen molar-refractivity contribution >= 4 is 49.9 Å². The molecule has 2 aromatic rings. The smallest absolute Gasteiger partial charge is 0.122 e. The molecule has 2 N–H and O–H groups in total. The molecule has 0 aliphatic rings. The fourth-order valence-electron chi connectivity index (χ4n) is 1.78. The van der Waals surface area contributed by atoms with E-state index >= 15 is 0 Å². The molecule has 0 aliphatic heterocycles. The van der Waals surface area contributed by atoms with Gasteiger partial charge in [-0.3, -0.25) is 0 Å². The van der Waals surface area contributed by atoms with Crippen molar-refractivity contribution in [1.29, 1.82) is 0 Å². The first-order valence-corrected chi connectivity index (χ1v) is 8.17. The number of hydrogen-bond acceptors (Lipinski definition) is 3. The highest BCUT2D eigenvalue weighted by Gasteiger charge is 2.12. The minimum atomic E-state index is 0.00738. The molecule has 1 aromatic carbocycles. The average molecular weight is 438 g/mol. The average Bonchev–Trinajstić information content (AvgIpc) is 2.76. The first-order valence-electron chi connectivity index (χ1n) is 5.42. The Morgan fingerprint density at radius 2 is 2.22 bits per heavy atom. The van der Waals surface area contributed by atoms with Gasteiger partial charge in [-0.05, 0) is 69.8 Å². The highest BCUT2D eigenvalue weighted by molar-refractivity contribution is 14.1. The van der Waals surface area contributed by atoms with Gasteiger partial charge < -0.3 is 10.5 Å². The van der Waals surface area contributed by atoms with E-state index < -0.39 is 0 Å². The summed E-state index contributed by atoms with van der Waals surface area (Å²) >= 11 is 7.52. The predicted octanol–water partition coefficient (Wildman–Crippen LogP) is 4.37. The van der Waals surface area contributed by atoms with Crippen LogP contribution in [0.15, 0.2) is 34.1 Å². The molecule has 0 bridgehead atoms. The molecule has 1 atom stereocenters. The van der Waals surface area contributed by atoms with Crippen LogP contribution >= 0.6 is 49.9 Å². The summed E-state index contributed by atoms with van der Waals surface area (Å²) in [5, 5.41) is 2.12. The van der Waals surface area contributed by atoms with E-state index in [4.69, 9.17) is 10.5 Å². The fraction of sp³-hybridized carbons (Fsp3) is 0.231. The molecule has 5 heteroatoms. The molecular weight excluding hydrogens is 425 g/mol. The minimum absolute atomic E-state index is 0.00738. The largest absolute Gasteiger partial charge is 0.496 e. The van der Waals surface area contributed by atoms with Gasteiger partial charge in [0.05, 0.1) is 9.99 Å². The summed E-state index contributed by atoms with van der Waals surface area (Å²) in [6.07, 6.45) is 0.773. The van der Waals surface area contributed by atoms with Crippen molar-refractivity contribution in [2.75, 3.05) is 7.11 Å². The predicted molar refractivity (Wildman–Crippen MR) is 88.4 cm³/mol. The van der Waals surface area contributed by atoms with E-state index in [9.17, 15) is 0 Å². The Morgan fingerprint density at radius 3 is 2.83 bits per heavy atom. The standard InChI is InChI=1S/C13H13BrINOS/c1-17-12-3-2-10(14)4-8(12)5-11(16)9-6-13(15)18-7-9/h2-4,6-7,11H,5,16H2,1H3. The van der Waals surface area contributed by atoms with Crippen LogP contribution < -0.4 is 10.5 Å². The molecule has 0 aliphatic carbocycles. The molecule has 0 saturated heterocycles. The normalized spacial score (nSPS) is 12.4. The third-order valence-electron chi connectivity index (χ3n) is 2.70. The summed E-state index contributed by atoms with van der Waals surface area (Å²) in [7, 11) is 1.69. The van der Waals surface area contributed by atoms with Crippen molar-refractivity contribution in [3.63, 3.8) is 0 Å². The minimum Gasteiger partial charge on any atom is -0.496 e. The van der Waals surface area contributed by atoms with Crippen molar-refractivity contribution in [2.45, 2.75) is 12.5 Å². The molecule has 18 heavy (non-hydrogen) atoms. The van der Waals surface area contributed by atoms with Crippen LogP contribution in [0.3, 0.4) is 0 Å². The Kier molecular flexibility index (Phi) is 5.06. The molecule has 0 radical (unpaired) electrons. The number of nitrogens with two attached hydrogens (primary N) is 1. The van der Waals surface area contributed by atoms with E-state index in [0.717, 1.165) is 22.2 Å². The van der Waals surface area contributed by atoms with Crippen LogP contribution in [0.4, 0.5) is 0 Å². The van der Waals surface area contributed by atoms with Gasteiger partial charge in [-0.1, -0.05) is 15.9 Å². The Labute approximate surface area is 133 Å². The molecule has 96 valence electrons. The van der Waals surface area contributed by atoms with Crippen molar-refractivity contribution < 1.29 is 4.74 Å². The molecule has 0 amide bonds. The fourth-order valence-corrected chi connectivity index (χ4v) is 3.62. The number of rotatable bonds is 4. The summed E-state index contributed by atoms with van der Waals surface area (Å²) in [5.41, 5.74) is 8.56. The van der Waals surface area contributed by atoms with E-state index in [-0.39, 0.29) is 6.04 Å². The topological polar surface area (TPSA) is 35.2 Å². The number of benzene rings is 1. The molecular formula is C13H13BrINOS. The van der Waals surface area contributed by atoms with Crippen molar-refractivity contribution in [1.82, 2.24) is 0 Å².